The Kier molecular flexibility index (Phi) is 3.03. The van der Waals surface area contributed by atoms with E-state index in [0.29, 0.717) is 0 Å². The summed E-state index contributed by atoms with van der Waals surface area (Å²) in [5.74, 6) is -0.111. The highest BCUT2D eigenvalue weighted by Gasteiger charge is 2.30. The SMILES string of the molecule is O=[N+]([O-])c1ccc2c(c1)Oc1cc([N+](=O)[O-])cc([N+](=O)[O-])c1N2. The first-order valence-corrected chi connectivity index (χ1v) is 6.07. The molecule has 2 aromatic rings. The molecule has 23 heavy (non-hydrogen) atoms. The molecule has 1 aliphatic rings. The monoisotopic (exact) mass is 318 g/mol. The van der Waals surface area contributed by atoms with Crippen LogP contribution in [0.1, 0.15) is 0 Å². The molecule has 1 heterocycles. The fraction of sp³-hybridized carbons (Fsp3) is 0. The number of benzene rings is 2. The normalized spacial score (nSPS) is 11.5. The number of nitro benzene ring substituents is 3. The van der Waals surface area contributed by atoms with E-state index in [9.17, 15) is 30.3 Å². The van der Waals surface area contributed by atoms with Gasteiger partial charge in [0.2, 0.25) is 0 Å². The van der Waals surface area contributed by atoms with Gasteiger partial charge in [-0.2, -0.15) is 0 Å². The molecule has 116 valence electrons. The molecular weight excluding hydrogens is 312 g/mol. The molecule has 0 aliphatic carbocycles. The van der Waals surface area contributed by atoms with Gasteiger partial charge in [-0.25, -0.2) is 0 Å². The third-order valence-electron chi connectivity index (χ3n) is 3.13. The molecule has 11 heteroatoms. The number of nitro groups is 3. The number of nitrogens with one attached hydrogen (secondary N) is 1. The molecule has 1 N–H and O–H groups in total. The zero-order valence-corrected chi connectivity index (χ0v) is 11.1. The lowest BCUT2D eigenvalue weighted by Gasteiger charge is -2.20. The Bertz CT molecular complexity index is 880. The topological polar surface area (TPSA) is 151 Å². The lowest BCUT2D eigenvalue weighted by molar-refractivity contribution is -0.393. The number of non-ortho nitro benzene ring substituents is 2. The van der Waals surface area contributed by atoms with Crippen LogP contribution in [0.15, 0.2) is 30.3 Å². The van der Waals surface area contributed by atoms with Gasteiger partial charge in [0, 0.05) is 6.07 Å². The minimum atomic E-state index is -0.792. The van der Waals surface area contributed by atoms with Crippen molar-refractivity contribution in [2.45, 2.75) is 0 Å². The molecule has 2 aromatic carbocycles. The fourth-order valence-electron chi connectivity index (χ4n) is 2.11. The van der Waals surface area contributed by atoms with Gasteiger partial charge < -0.3 is 10.1 Å². The Hall–Kier alpha value is -3.76. The summed E-state index contributed by atoms with van der Waals surface area (Å²) in [7, 11) is 0. The quantitative estimate of drug-likeness (QED) is 0.570. The summed E-state index contributed by atoms with van der Waals surface area (Å²) in [4.78, 5) is 30.5. The van der Waals surface area contributed by atoms with Crippen LogP contribution < -0.4 is 10.1 Å². The van der Waals surface area contributed by atoms with Crippen molar-refractivity contribution in [2.24, 2.45) is 0 Å². The zero-order chi connectivity index (χ0) is 16.7. The van der Waals surface area contributed by atoms with Crippen molar-refractivity contribution < 1.29 is 19.5 Å². The second-order valence-electron chi connectivity index (χ2n) is 4.52. The maximum absolute atomic E-state index is 11.1. The number of nitrogens with zero attached hydrogens (tertiary/aromatic N) is 3. The van der Waals surface area contributed by atoms with Crippen molar-refractivity contribution in [1.29, 1.82) is 0 Å². The molecule has 11 nitrogen and oxygen atoms in total. The summed E-state index contributed by atoms with van der Waals surface area (Å²) in [5.41, 5.74) is -1.07. The van der Waals surface area contributed by atoms with Gasteiger partial charge >= 0.3 is 5.69 Å². The van der Waals surface area contributed by atoms with E-state index in [1.165, 1.54) is 12.1 Å². The van der Waals surface area contributed by atoms with E-state index in [4.69, 9.17) is 4.74 Å². The van der Waals surface area contributed by atoms with E-state index in [-0.39, 0.29) is 28.6 Å². The van der Waals surface area contributed by atoms with E-state index >= 15 is 0 Å². The van der Waals surface area contributed by atoms with Crippen LogP contribution in [0.2, 0.25) is 0 Å². The van der Waals surface area contributed by atoms with E-state index < -0.39 is 26.1 Å². The zero-order valence-electron chi connectivity index (χ0n) is 11.1. The highest BCUT2D eigenvalue weighted by Crippen LogP contribution is 2.48. The third kappa shape index (κ3) is 2.35. The van der Waals surface area contributed by atoms with Gasteiger partial charge in [-0.15, -0.1) is 0 Å². The van der Waals surface area contributed by atoms with Gasteiger partial charge in [-0.3, -0.25) is 30.3 Å². The summed E-state index contributed by atoms with van der Waals surface area (Å²) in [6, 6.07) is 5.48. The van der Waals surface area contributed by atoms with Crippen LogP contribution in [-0.4, -0.2) is 14.8 Å². The van der Waals surface area contributed by atoms with Crippen LogP contribution in [0, 0.1) is 30.3 Å². The van der Waals surface area contributed by atoms with Gasteiger partial charge in [0.15, 0.2) is 17.2 Å². The molecule has 0 saturated carbocycles. The van der Waals surface area contributed by atoms with Gasteiger partial charge in [-0.05, 0) is 6.07 Å². The van der Waals surface area contributed by atoms with Crippen molar-refractivity contribution in [3.63, 3.8) is 0 Å². The van der Waals surface area contributed by atoms with Crippen LogP contribution in [-0.2, 0) is 0 Å². The molecular formula is C12H6N4O7. The number of rotatable bonds is 3. The van der Waals surface area contributed by atoms with Crippen molar-refractivity contribution in [2.75, 3.05) is 5.32 Å². The molecule has 3 rings (SSSR count). The molecule has 0 bridgehead atoms. The maximum Gasteiger partial charge on any atom is 0.303 e. The van der Waals surface area contributed by atoms with Crippen molar-refractivity contribution in [1.82, 2.24) is 0 Å². The second kappa shape index (κ2) is 4.91. The number of anilines is 2. The molecule has 1 aliphatic heterocycles. The van der Waals surface area contributed by atoms with E-state index in [0.717, 1.165) is 18.2 Å². The first-order chi connectivity index (χ1) is 10.9. The van der Waals surface area contributed by atoms with Crippen LogP contribution >= 0.6 is 0 Å². The Labute approximate surface area is 126 Å². The smallest absolute Gasteiger partial charge is 0.303 e. The summed E-state index contributed by atoms with van der Waals surface area (Å²) >= 11 is 0. The van der Waals surface area contributed by atoms with Crippen LogP contribution in [0.4, 0.5) is 28.4 Å². The largest absolute Gasteiger partial charge is 0.452 e. The summed E-state index contributed by atoms with van der Waals surface area (Å²) < 4.78 is 5.37. The predicted octanol–water partition coefficient (Wildman–Crippen LogP) is 3.26. The van der Waals surface area contributed by atoms with E-state index in [2.05, 4.69) is 5.32 Å². The first-order valence-electron chi connectivity index (χ1n) is 6.07. The number of hydrogen-bond acceptors (Lipinski definition) is 8. The average molecular weight is 318 g/mol. The molecule has 0 fully saturated rings. The number of ether oxygens (including phenoxy) is 1. The number of hydrogen-bond donors (Lipinski definition) is 1. The van der Waals surface area contributed by atoms with E-state index in [1.54, 1.807) is 0 Å². The molecule has 0 spiro atoms. The molecule has 0 atom stereocenters. The van der Waals surface area contributed by atoms with Crippen LogP contribution in [0.3, 0.4) is 0 Å². The Morgan fingerprint density at radius 3 is 2.09 bits per heavy atom. The van der Waals surface area contributed by atoms with Crippen molar-refractivity contribution in [3.05, 3.63) is 60.7 Å². The average Bonchev–Trinajstić information content (AvgIpc) is 2.50. The Morgan fingerprint density at radius 2 is 1.48 bits per heavy atom. The van der Waals surface area contributed by atoms with Crippen molar-refractivity contribution in [3.8, 4) is 11.5 Å². The van der Waals surface area contributed by atoms with Gasteiger partial charge in [-0.1, -0.05) is 0 Å². The molecule has 0 saturated heterocycles. The maximum atomic E-state index is 11.1. The molecule has 0 amide bonds. The van der Waals surface area contributed by atoms with Crippen LogP contribution in [0.25, 0.3) is 0 Å². The molecule has 0 radical (unpaired) electrons. The Morgan fingerprint density at radius 1 is 0.826 bits per heavy atom. The number of fused-ring (bicyclic) bond motifs is 2. The van der Waals surface area contributed by atoms with E-state index in [1.807, 2.05) is 0 Å². The summed E-state index contributed by atoms with van der Waals surface area (Å²) in [5, 5.41) is 35.5. The minimum absolute atomic E-state index is 0.0431. The third-order valence-corrected chi connectivity index (χ3v) is 3.13. The highest BCUT2D eigenvalue weighted by molar-refractivity contribution is 5.84. The van der Waals surface area contributed by atoms with Gasteiger partial charge in [0.05, 0.1) is 38.7 Å². The Balaban J connectivity index is 2.14. The second-order valence-corrected chi connectivity index (χ2v) is 4.52. The first kappa shape index (κ1) is 14.2. The summed E-state index contributed by atoms with van der Waals surface area (Å²) in [6.07, 6.45) is 0. The van der Waals surface area contributed by atoms with Crippen LogP contribution in [0.5, 0.6) is 11.5 Å². The lowest BCUT2D eigenvalue weighted by atomic mass is 10.1. The highest BCUT2D eigenvalue weighted by atomic mass is 16.6. The van der Waals surface area contributed by atoms with Crippen molar-refractivity contribution >= 4 is 28.4 Å². The molecule has 0 aromatic heterocycles. The minimum Gasteiger partial charge on any atom is -0.452 e. The lowest BCUT2D eigenvalue weighted by Crippen LogP contribution is -2.07. The van der Waals surface area contributed by atoms with Gasteiger partial charge in [0.25, 0.3) is 11.4 Å². The predicted molar refractivity (Wildman–Crippen MR) is 76.2 cm³/mol. The molecule has 0 unspecified atom stereocenters. The fourth-order valence-corrected chi connectivity index (χ4v) is 2.11. The summed E-state index contributed by atoms with van der Waals surface area (Å²) in [6.45, 7) is 0. The van der Waals surface area contributed by atoms with Gasteiger partial charge in [0.1, 0.15) is 0 Å². The standard InChI is InChI=1S/C12H6N4O7/c17-14(18)6-1-2-8-10(4-6)23-11-5-7(15(19)20)3-9(16(21)22)12(11)13-8/h1-5,13H.